The number of sulfone groups is 1. The number of carbonyl (C=O) groups is 1. The second kappa shape index (κ2) is 8.28. The van der Waals surface area contributed by atoms with Gasteiger partial charge in [-0.1, -0.05) is 6.07 Å². The summed E-state index contributed by atoms with van der Waals surface area (Å²) in [6.45, 7) is 0.107. The van der Waals surface area contributed by atoms with Crippen molar-refractivity contribution >= 4 is 26.0 Å². The lowest BCUT2D eigenvalue weighted by atomic mass is 10.2. The van der Waals surface area contributed by atoms with Crippen LogP contribution in [0.4, 0.5) is 4.79 Å². The van der Waals surface area contributed by atoms with Crippen molar-refractivity contribution in [2.45, 2.75) is 16.2 Å². The molecular weight excluding hydrogens is 430 g/mol. The van der Waals surface area contributed by atoms with E-state index in [4.69, 9.17) is 5.11 Å². The molecule has 0 bridgehead atoms. The molecule has 3 aromatic rings. The van der Waals surface area contributed by atoms with Gasteiger partial charge in [0.15, 0.2) is 9.84 Å². The summed E-state index contributed by atoms with van der Waals surface area (Å²) < 4.78 is 51.4. The number of amides is 1. The lowest BCUT2D eigenvalue weighted by Gasteiger charge is -2.11. The number of benzene rings is 1. The van der Waals surface area contributed by atoms with Crippen molar-refractivity contribution in [2.75, 3.05) is 12.8 Å². The Balaban J connectivity index is 2.11. The van der Waals surface area contributed by atoms with Gasteiger partial charge < -0.3 is 10.4 Å². The Morgan fingerprint density at radius 1 is 1.10 bits per heavy atom. The molecule has 2 aromatic heterocycles. The van der Waals surface area contributed by atoms with E-state index in [0.29, 0.717) is 16.8 Å². The van der Waals surface area contributed by atoms with E-state index in [1.807, 2.05) is 0 Å². The van der Waals surface area contributed by atoms with Gasteiger partial charge in [0.2, 0.25) is 0 Å². The Morgan fingerprint density at radius 3 is 2.47 bits per heavy atom. The smallest absolute Gasteiger partial charge is 0.404 e. The summed E-state index contributed by atoms with van der Waals surface area (Å²) in [5, 5.41) is 11.0. The molecule has 3 rings (SSSR count). The maximum Gasteiger partial charge on any atom is 0.404 e. The van der Waals surface area contributed by atoms with E-state index in [1.54, 1.807) is 24.4 Å². The molecule has 2 N–H and O–H groups in total. The molecule has 9 nitrogen and oxygen atoms in total. The predicted molar refractivity (Wildman–Crippen MR) is 110 cm³/mol. The van der Waals surface area contributed by atoms with E-state index in [0.717, 1.165) is 16.3 Å². The first-order valence-corrected chi connectivity index (χ1v) is 12.1. The maximum atomic E-state index is 13.3. The van der Waals surface area contributed by atoms with Gasteiger partial charge in [0.05, 0.1) is 15.5 Å². The van der Waals surface area contributed by atoms with Gasteiger partial charge in [0.25, 0.3) is 10.0 Å². The summed E-state index contributed by atoms with van der Waals surface area (Å²) in [5.41, 5.74) is 1.46. The van der Waals surface area contributed by atoms with Crippen LogP contribution in [0.2, 0.25) is 0 Å². The first-order chi connectivity index (χ1) is 14.1. The largest absolute Gasteiger partial charge is 0.465 e. The van der Waals surface area contributed by atoms with Gasteiger partial charge in [-0.25, -0.2) is 25.6 Å². The molecule has 0 spiro atoms. The van der Waals surface area contributed by atoms with Crippen LogP contribution in [0.3, 0.4) is 0 Å². The molecule has 1 aromatic carbocycles. The van der Waals surface area contributed by atoms with E-state index < -0.39 is 26.0 Å². The fourth-order valence-electron chi connectivity index (χ4n) is 2.85. The molecule has 0 aliphatic carbocycles. The zero-order valence-corrected chi connectivity index (χ0v) is 17.5. The SMILES string of the molecule is CS(=O)(=O)c1cccc(S(=O)(=O)n2cc(CCNC(=O)O)cc2-c2cccnc2)c1. The van der Waals surface area contributed by atoms with E-state index >= 15 is 0 Å². The number of carboxylic acid groups (broad SMARTS) is 1. The molecule has 30 heavy (non-hydrogen) atoms. The highest BCUT2D eigenvalue weighted by molar-refractivity contribution is 7.91. The van der Waals surface area contributed by atoms with Crippen molar-refractivity contribution in [3.63, 3.8) is 0 Å². The van der Waals surface area contributed by atoms with E-state index in [-0.39, 0.29) is 22.8 Å². The summed E-state index contributed by atoms with van der Waals surface area (Å²) >= 11 is 0. The molecule has 1 amide bonds. The average molecular weight is 450 g/mol. The van der Waals surface area contributed by atoms with E-state index in [9.17, 15) is 21.6 Å². The van der Waals surface area contributed by atoms with Crippen molar-refractivity contribution in [3.8, 4) is 11.3 Å². The second-order valence-electron chi connectivity index (χ2n) is 6.51. The molecule has 0 saturated heterocycles. The number of aromatic nitrogens is 2. The summed E-state index contributed by atoms with van der Waals surface area (Å²) in [4.78, 5) is 14.4. The first kappa shape index (κ1) is 21.5. The van der Waals surface area contributed by atoms with Crippen LogP contribution in [0.1, 0.15) is 5.56 Å². The molecule has 11 heteroatoms. The van der Waals surface area contributed by atoms with Crippen LogP contribution in [0.5, 0.6) is 0 Å². The van der Waals surface area contributed by atoms with Gasteiger partial charge in [0.1, 0.15) is 0 Å². The van der Waals surface area contributed by atoms with Gasteiger partial charge in [0, 0.05) is 37.0 Å². The van der Waals surface area contributed by atoms with Gasteiger partial charge >= 0.3 is 6.09 Å². The fraction of sp³-hybridized carbons (Fsp3) is 0.158. The number of hydrogen-bond donors (Lipinski definition) is 2. The molecule has 0 saturated carbocycles. The molecule has 0 radical (unpaired) electrons. The zero-order chi connectivity index (χ0) is 21.9. The monoisotopic (exact) mass is 449 g/mol. The van der Waals surface area contributed by atoms with Crippen LogP contribution in [0.15, 0.2) is 70.8 Å². The summed E-state index contributed by atoms with van der Waals surface area (Å²) in [5.74, 6) is 0. The standard InChI is InChI=1S/C19H19N3O6S2/c1-29(25,26)16-5-2-6-17(11-16)30(27,28)22-13-14(7-9-21-19(23)24)10-18(22)15-4-3-8-20-12-15/h2-6,8,10-13,21H,7,9H2,1H3,(H,23,24). The van der Waals surface area contributed by atoms with Crippen molar-refractivity contribution in [1.82, 2.24) is 14.3 Å². The van der Waals surface area contributed by atoms with Crippen molar-refractivity contribution in [3.05, 3.63) is 66.6 Å². The van der Waals surface area contributed by atoms with Crippen LogP contribution >= 0.6 is 0 Å². The van der Waals surface area contributed by atoms with E-state index in [1.165, 1.54) is 30.6 Å². The molecule has 0 aliphatic heterocycles. The number of hydrogen-bond acceptors (Lipinski definition) is 6. The van der Waals surface area contributed by atoms with Crippen LogP contribution in [0, 0.1) is 0 Å². The minimum Gasteiger partial charge on any atom is -0.465 e. The third-order valence-corrected chi connectivity index (χ3v) is 7.06. The second-order valence-corrected chi connectivity index (χ2v) is 10.3. The topological polar surface area (TPSA) is 135 Å². The lowest BCUT2D eigenvalue weighted by Crippen LogP contribution is -2.23. The average Bonchev–Trinajstić information content (AvgIpc) is 3.13. The number of nitrogens with one attached hydrogen (secondary N) is 1. The van der Waals surface area contributed by atoms with Crippen molar-refractivity contribution in [2.24, 2.45) is 0 Å². The van der Waals surface area contributed by atoms with Gasteiger partial charge in [-0.05, 0) is 48.4 Å². The Kier molecular flexibility index (Phi) is 5.94. The maximum absolute atomic E-state index is 13.3. The van der Waals surface area contributed by atoms with Gasteiger partial charge in [-0.15, -0.1) is 0 Å². The molecule has 0 unspecified atom stereocenters. The van der Waals surface area contributed by atoms with Crippen molar-refractivity contribution in [1.29, 1.82) is 0 Å². The minimum absolute atomic E-state index is 0.107. The van der Waals surface area contributed by atoms with Crippen LogP contribution in [-0.2, 0) is 26.3 Å². The van der Waals surface area contributed by atoms with Crippen molar-refractivity contribution < 1.29 is 26.7 Å². The normalized spacial score (nSPS) is 11.9. The summed E-state index contributed by atoms with van der Waals surface area (Å²) in [6.07, 6.45) is 4.56. The molecule has 0 fully saturated rings. The van der Waals surface area contributed by atoms with E-state index in [2.05, 4.69) is 10.3 Å². The van der Waals surface area contributed by atoms with Crippen LogP contribution in [0.25, 0.3) is 11.3 Å². The highest BCUT2D eigenvalue weighted by Crippen LogP contribution is 2.27. The summed E-state index contributed by atoms with van der Waals surface area (Å²) in [6, 6.07) is 10.1. The summed E-state index contributed by atoms with van der Waals surface area (Å²) in [7, 11) is -7.73. The Hall–Kier alpha value is -3.18. The molecule has 158 valence electrons. The minimum atomic E-state index is -4.13. The lowest BCUT2D eigenvalue weighted by molar-refractivity contribution is 0.194. The predicted octanol–water partition coefficient (Wildman–Crippen LogP) is 2.00. The quantitative estimate of drug-likeness (QED) is 0.563. The Morgan fingerprint density at radius 2 is 1.83 bits per heavy atom. The molecule has 2 heterocycles. The molecule has 0 atom stereocenters. The van der Waals surface area contributed by atoms with Gasteiger partial charge in [-0.3, -0.25) is 4.98 Å². The van der Waals surface area contributed by atoms with Crippen LogP contribution in [-0.4, -0.2) is 49.8 Å². The zero-order valence-electron chi connectivity index (χ0n) is 15.9. The highest BCUT2D eigenvalue weighted by atomic mass is 32.2. The number of pyridine rings is 1. The first-order valence-electron chi connectivity index (χ1n) is 8.73. The highest BCUT2D eigenvalue weighted by Gasteiger charge is 2.23. The third-order valence-electron chi connectivity index (χ3n) is 4.28. The Labute approximate surface area is 174 Å². The van der Waals surface area contributed by atoms with Gasteiger partial charge in [-0.2, -0.15) is 0 Å². The van der Waals surface area contributed by atoms with Crippen LogP contribution < -0.4 is 5.32 Å². The number of rotatable bonds is 7. The fourth-order valence-corrected chi connectivity index (χ4v) is 5.04. The molecule has 0 aliphatic rings. The molecular formula is C19H19N3O6S2. The third kappa shape index (κ3) is 4.69. The Bertz CT molecular complexity index is 1280. The number of nitrogens with zero attached hydrogens (tertiary/aromatic N) is 2.